The van der Waals surface area contributed by atoms with E-state index in [9.17, 15) is 0 Å². The number of hydrogen-bond donors (Lipinski definition) is 1. The molecule has 17 heavy (non-hydrogen) atoms. The first-order valence-electron chi connectivity index (χ1n) is 7.17. The van der Waals surface area contributed by atoms with Crippen molar-refractivity contribution in [3.05, 3.63) is 0 Å². The maximum Gasteiger partial charge on any atom is 0.0588 e. The Morgan fingerprint density at radius 1 is 1.35 bits per heavy atom. The van der Waals surface area contributed by atoms with Gasteiger partial charge in [0.1, 0.15) is 0 Å². The van der Waals surface area contributed by atoms with Crippen molar-refractivity contribution < 1.29 is 4.74 Å². The van der Waals surface area contributed by atoms with Gasteiger partial charge in [-0.05, 0) is 44.6 Å². The van der Waals surface area contributed by atoms with Gasteiger partial charge in [-0.3, -0.25) is 0 Å². The minimum atomic E-state index is 0.206. The van der Waals surface area contributed by atoms with Crippen molar-refractivity contribution in [2.45, 2.75) is 63.5 Å². The van der Waals surface area contributed by atoms with Crippen molar-refractivity contribution in [1.82, 2.24) is 5.32 Å². The van der Waals surface area contributed by atoms with Crippen LogP contribution in [0, 0.1) is 5.92 Å². The average molecular weight is 260 g/mol. The number of ether oxygens (including phenoxy) is 1. The van der Waals surface area contributed by atoms with Gasteiger partial charge in [0.25, 0.3) is 0 Å². The molecule has 3 unspecified atom stereocenters. The van der Waals surface area contributed by atoms with Gasteiger partial charge in [0.2, 0.25) is 0 Å². The number of hydrogen-bond acceptors (Lipinski definition) is 2. The number of alkyl halides is 1. The molecule has 2 rings (SSSR count). The van der Waals surface area contributed by atoms with E-state index in [4.69, 9.17) is 16.3 Å². The highest BCUT2D eigenvalue weighted by atomic mass is 35.5. The zero-order chi connectivity index (χ0) is 12.1. The van der Waals surface area contributed by atoms with E-state index in [1.807, 2.05) is 0 Å². The van der Waals surface area contributed by atoms with Crippen molar-refractivity contribution in [2.24, 2.45) is 5.92 Å². The molecule has 1 aliphatic carbocycles. The molecule has 1 aliphatic heterocycles. The van der Waals surface area contributed by atoms with Crippen LogP contribution in [0.4, 0.5) is 0 Å². The molecule has 0 bridgehead atoms. The molecule has 0 aromatic heterocycles. The number of halogens is 1. The van der Waals surface area contributed by atoms with E-state index in [2.05, 4.69) is 12.2 Å². The van der Waals surface area contributed by atoms with Crippen LogP contribution < -0.4 is 5.32 Å². The summed E-state index contributed by atoms with van der Waals surface area (Å²) in [6.45, 7) is 4.37. The lowest BCUT2D eigenvalue weighted by Crippen LogP contribution is -2.50. The molecule has 2 aliphatic rings. The molecule has 0 spiro atoms. The Kier molecular flexibility index (Phi) is 5.13. The molecule has 100 valence electrons. The largest absolute Gasteiger partial charge is 0.378 e. The fraction of sp³-hybridized carbons (Fsp3) is 1.00. The number of nitrogens with one attached hydrogen (secondary N) is 1. The summed E-state index contributed by atoms with van der Waals surface area (Å²) in [5.74, 6) is 1.57. The summed E-state index contributed by atoms with van der Waals surface area (Å²) in [6, 6.07) is 0. The lowest BCUT2D eigenvalue weighted by atomic mass is 9.77. The summed E-state index contributed by atoms with van der Waals surface area (Å²) < 4.78 is 5.66. The van der Waals surface area contributed by atoms with Crippen molar-refractivity contribution in [3.8, 4) is 0 Å². The van der Waals surface area contributed by atoms with E-state index in [1.54, 1.807) is 0 Å². The summed E-state index contributed by atoms with van der Waals surface area (Å²) in [5, 5.41) is 3.73. The lowest BCUT2D eigenvalue weighted by Gasteiger charge is -2.40. The fourth-order valence-electron chi connectivity index (χ4n) is 3.36. The van der Waals surface area contributed by atoms with Crippen LogP contribution in [0.5, 0.6) is 0 Å². The monoisotopic (exact) mass is 259 g/mol. The minimum Gasteiger partial charge on any atom is -0.378 e. The van der Waals surface area contributed by atoms with E-state index in [0.717, 1.165) is 31.4 Å². The molecule has 3 atom stereocenters. The van der Waals surface area contributed by atoms with Crippen molar-refractivity contribution in [3.63, 3.8) is 0 Å². The predicted octanol–water partition coefficient (Wildman–Crippen LogP) is 3.33. The Morgan fingerprint density at radius 3 is 2.88 bits per heavy atom. The van der Waals surface area contributed by atoms with E-state index in [-0.39, 0.29) is 5.54 Å². The standard InChI is InChI=1S/C14H26ClNO/c1-12-4-2-7-14(10-12,11-15)16-8-6-13-5-3-9-17-13/h12-13,16H,2-11H2,1H3. The zero-order valence-corrected chi connectivity index (χ0v) is 11.8. The first kappa shape index (κ1) is 13.6. The third kappa shape index (κ3) is 3.84. The SMILES string of the molecule is CC1CCCC(CCl)(NCCC2CCCO2)C1. The highest BCUT2D eigenvalue weighted by Gasteiger charge is 2.33. The molecular formula is C14H26ClNO. The van der Waals surface area contributed by atoms with Gasteiger partial charge in [-0.1, -0.05) is 19.8 Å². The molecular weight excluding hydrogens is 234 g/mol. The van der Waals surface area contributed by atoms with Crippen LogP contribution in [-0.4, -0.2) is 30.7 Å². The van der Waals surface area contributed by atoms with E-state index < -0.39 is 0 Å². The average Bonchev–Trinajstić information content (AvgIpc) is 2.82. The van der Waals surface area contributed by atoms with Gasteiger partial charge in [0.05, 0.1) is 6.10 Å². The highest BCUT2D eigenvalue weighted by Crippen LogP contribution is 2.33. The summed E-state index contributed by atoms with van der Waals surface area (Å²) in [5.41, 5.74) is 0.206. The molecule has 3 heteroatoms. The quantitative estimate of drug-likeness (QED) is 0.765. The van der Waals surface area contributed by atoms with Crippen LogP contribution in [0.15, 0.2) is 0 Å². The molecule has 0 aromatic carbocycles. The Labute approximate surface area is 110 Å². The highest BCUT2D eigenvalue weighted by molar-refractivity contribution is 6.18. The first-order chi connectivity index (χ1) is 8.24. The molecule has 1 heterocycles. The molecule has 1 saturated carbocycles. The third-order valence-corrected chi connectivity index (χ3v) is 4.85. The van der Waals surface area contributed by atoms with E-state index in [0.29, 0.717) is 6.10 Å². The van der Waals surface area contributed by atoms with Gasteiger partial charge in [0.15, 0.2) is 0 Å². The second-order valence-corrected chi connectivity index (χ2v) is 6.23. The van der Waals surface area contributed by atoms with Crippen molar-refractivity contribution >= 4 is 11.6 Å². The van der Waals surface area contributed by atoms with Crippen LogP contribution in [0.3, 0.4) is 0 Å². The second kappa shape index (κ2) is 6.40. The molecule has 1 N–H and O–H groups in total. The summed E-state index contributed by atoms with van der Waals surface area (Å²) in [6.07, 6.45) is 9.29. The Balaban J connectivity index is 1.74. The smallest absolute Gasteiger partial charge is 0.0588 e. The normalized spacial score (nSPS) is 38.5. The molecule has 2 nitrogen and oxygen atoms in total. The van der Waals surface area contributed by atoms with Gasteiger partial charge in [-0.15, -0.1) is 11.6 Å². The van der Waals surface area contributed by atoms with Crippen LogP contribution in [0.1, 0.15) is 51.9 Å². The molecule has 0 aromatic rings. The van der Waals surface area contributed by atoms with Gasteiger partial charge < -0.3 is 10.1 Å². The lowest BCUT2D eigenvalue weighted by molar-refractivity contribution is 0.0993. The van der Waals surface area contributed by atoms with Crippen molar-refractivity contribution in [2.75, 3.05) is 19.0 Å². The summed E-state index contributed by atoms with van der Waals surface area (Å²) in [7, 11) is 0. The van der Waals surface area contributed by atoms with Gasteiger partial charge in [-0.25, -0.2) is 0 Å². The van der Waals surface area contributed by atoms with Crippen LogP contribution in [0.2, 0.25) is 0 Å². The first-order valence-corrected chi connectivity index (χ1v) is 7.70. The van der Waals surface area contributed by atoms with Gasteiger partial charge >= 0.3 is 0 Å². The predicted molar refractivity (Wildman–Crippen MR) is 72.7 cm³/mol. The topological polar surface area (TPSA) is 21.3 Å². The fourth-order valence-corrected chi connectivity index (χ4v) is 3.70. The zero-order valence-electron chi connectivity index (χ0n) is 11.0. The number of rotatable bonds is 5. The van der Waals surface area contributed by atoms with Crippen LogP contribution in [0.25, 0.3) is 0 Å². The maximum atomic E-state index is 6.20. The third-order valence-electron chi connectivity index (χ3n) is 4.34. The Hall–Kier alpha value is 0.210. The molecule has 2 fully saturated rings. The second-order valence-electron chi connectivity index (χ2n) is 5.97. The summed E-state index contributed by atoms with van der Waals surface area (Å²) >= 11 is 6.20. The Bertz CT molecular complexity index is 230. The maximum absolute atomic E-state index is 6.20. The van der Waals surface area contributed by atoms with E-state index in [1.165, 1.54) is 38.5 Å². The van der Waals surface area contributed by atoms with E-state index >= 15 is 0 Å². The molecule has 1 saturated heterocycles. The van der Waals surface area contributed by atoms with Crippen LogP contribution >= 0.6 is 11.6 Å². The minimum absolute atomic E-state index is 0.206. The van der Waals surface area contributed by atoms with Crippen LogP contribution in [-0.2, 0) is 4.74 Å². The van der Waals surface area contributed by atoms with Crippen molar-refractivity contribution in [1.29, 1.82) is 0 Å². The Morgan fingerprint density at radius 2 is 2.24 bits per heavy atom. The van der Waals surface area contributed by atoms with Gasteiger partial charge in [-0.2, -0.15) is 0 Å². The molecule has 0 amide bonds. The van der Waals surface area contributed by atoms with Gasteiger partial charge in [0, 0.05) is 18.0 Å². The molecule has 0 radical (unpaired) electrons. The summed E-state index contributed by atoms with van der Waals surface area (Å²) in [4.78, 5) is 0.